The first-order chi connectivity index (χ1) is 8.06. The Bertz CT molecular complexity index is 400. The van der Waals surface area contributed by atoms with Gasteiger partial charge in [-0.25, -0.2) is 0 Å². The minimum atomic E-state index is -0.648. The summed E-state index contributed by atoms with van der Waals surface area (Å²) in [4.78, 5) is 2.03. The molecule has 0 bridgehead atoms. The third-order valence-electron chi connectivity index (χ3n) is 3.00. The average Bonchev–Trinajstić information content (AvgIpc) is 2.63. The number of halogens is 2. The molecule has 0 amide bonds. The number of likely N-dealkylation sites (tertiary alicyclic amines) is 1. The number of aliphatic hydroxyl groups is 2. The van der Waals surface area contributed by atoms with Crippen molar-refractivity contribution in [1.82, 2.24) is 4.90 Å². The zero-order valence-electron chi connectivity index (χ0n) is 9.31. The molecule has 0 spiro atoms. The van der Waals surface area contributed by atoms with E-state index in [4.69, 9.17) is 23.2 Å². The summed E-state index contributed by atoms with van der Waals surface area (Å²) < 4.78 is 0. The first kappa shape index (κ1) is 13.1. The fourth-order valence-corrected chi connectivity index (χ4v) is 2.63. The van der Waals surface area contributed by atoms with Crippen molar-refractivity contribution in [3.8, 4) is 0 Å². The van der Waals surface area contributed by atoms with Gasteiger partial charge in [-0.15, -0.1) is 0 Å². The summed E-state index contributed by atoms with van der Waals surface area (Å²) in [5, 5.41) is 20.5. The fourth-order valence-electron chi connectivity index (χ4n) is 2.09. The number of hydrogen-bond acceptors (Lipinski definition) is 3. The summed E-state index contributed by atoms with van der Waals surface area (Å²) in [6.45, 7) is 1.91. The highest BCUT2D eigenvalue weighted by Gasteiger charge is 2.23. The van der Waals surface area contributed by atoms with Crippen LogP contribution >= 0.6 is 23.2 Å². The van der Waals surface area contributed by atoms with Gasteiger partial charge in [-0.2, -0.15) is 0 Å². The Morgan fingerprint density at radius 1 is 1.41 bits per heavy atom. The van der Waals surface area contributed by atoms with Gasteiger partial charge in [-0.1, -0.05) is 29.3 Å². The molecule has 1 heterocycles. The van der Waals surface area contributed by atoms with Crippen LogP contribution in [0, 0.1) is 0 Å². The van der Waals surface area contributed by atoms with E-state index in [9.17, 15) is 10.2 Å². The summed E-state index contributed by atoms with van der Waals surface area (Å²) in [5.41, 5.74) is 0.678. The zero-order chi connectivity index (χ0) is 12.4. The Labute approximate surface area is 111 Å². The van der Waals surface area contributed by atoms with Crippen molar-refractivity contribution in [1.29, 1.82) is 0 Å². The molecule has 0 aromatic heterocycles. The lowest BCUT2D eigenvalue weighted by atomic mass is 10.1. The molecule has 3 nitrogen and oxygen atoms in total. The van der Waals surface area contributed by atoms with Crippen LogP contribution in [0.3, 0.4) is 0 Å². The first-order valence-electron chi connectivity index (χ1n) is 5.59. The van der Waals surface area contributed by atoms with Gasteiger partial charge in [-0.05, 0) is 18.6 Å². The Morgan fingerprint density at radius 3 is 2.76 bits per heavy atom. The number of rotatable bonds is 3. The Morgan fingerprint density at radius 2 is 2.18 bits per heavy atom. The normalized spacial score (nSPS) is 22.9. The molecule has 1 fully saturated rings. The maximum Gasteiger partial charge on any atom is 0.0931 e. The van der Waals surface area contributed by atoms with Crippen LogP contribution in [0.2, 0.25) is 10.0 Å². The highest BCUT2D eigenvalue weighted by molar-refractivity contribution is 6.35. The molecular weight excluding hydrogens is 261 g/mol. The van der Waals surface area contributed by atoms with Crippen LogP contribution in [0.4, 0.5) is 0 Å². The first-order valence-corrected chi connectivity index (χ1v) is 6.35. The number of hydrogen-bond donors (Lipinski definition) is 2. The predicted molar refractivity (Wildman–Crippen MR) is 68.5 cm³/mol. The van der Waals surface area contributed by atoms with Crippen LogP contribution in [0.5, 0.6) is 0 Å². The lowest BCUT2D eigenvalue weighted by Gasteiger charge is -2.20. The Balaban J connectivity index is 2.01. The van der Waals surface area contributed by atoms with Crippen molar-refractivity contribution >= 4 is 23.2 Å². The SMILES string of the molecule is OC1CCN(CC(O)c2ccc(Cl)cc2Cl)C1. The Kier molecular flexibility index (Phi) is 4.28. The number of nitrogens with zero attached hydrogens (tertiary/aromatic N) is 1. The van der Waals surface area contributed by atoms with Crippen molar-refractivity contribution in [3.63, 3.8) is 0 Å². The fraction of sp³-hybridized carbons (Fsp3) is 0.500. The van der Waals surface area contributed by atoms with E-state index in [2.05, 4.69) is 0 Å². The van der Waals surface area contributed by atoms with E-state index in [1.54, 1.807) is 18.2 Å². The van der Waals surface area contributed by atoms with Crippen LogP contribution in [0.1, 0.15) is 18.1 Å². The van der Waals surface area contributed by atoms with Crippen molar-refractivity contribution in [2.45, 2.75) is 18.6 Å². The average molecular weight is 276 g/mol. The van der Waals surface area contributed by atoms with E-state index in [1.165, 1.54) is 0 Å². The van der Waals surface area contributed by atoms with Crippen molar-refractivity contribution in [2.24, 2.45) is 0 Å². The van der Waals surface area contributed by atoms with Gasteiger partial charge in [0.05, 0.1) is 12.2 Å². The van der Waals surface area contributed by atoms with E-state index >= 15 is 0 Å². The van der Waals surface area contributed by atoms with Crippen LogP contribution in [-0.4, -0.2) is 40.9 Å². The van der Waals surface area contributed by atoms with E-state index in [-0.39, 0.29) is 6.10 Å². The van der Waals surface area contributed by atoms with E-state index < -0.39 is 6.10 Å². The van der Waals surface area contributed by atoms with Crippen LogP contribution in [0.15, 0.2) is 18.2 Å². The number of benzene rings is 1. The zero-order valence-corrected chi connectivity index (χ0v) is 10.8. The molecule has 2 unspecified atom stereocenters. The third kappa shape index (κ3) is 3.33. The lowest BCUT2D eigenvalue weighted by molar-refractivity contribution is 0.113. The molecular formula is C12H15Cl2NO2. The molecule has 2 rings (SSSR count). The molecule has 2 N–H and O–H groups in total. The quantitative estimate of drug-likeness (QED) is 0.888. The summed E-state index contributed by atoms with van der Waals surface area (Å²) in [6, 6.07) is 5.08. The topological polar surface area (TPSA) is 43.7 Å². The van der Waals surface area contributed by atoms with Gasteiger partial charge < -0.3 is 10.2 Å². The molecule has 1 aromatic rings. The number of aliphatic hydroxyl groups excluding tert-OH is 2. The van der Waals surface area contributed by atoms with Crippen molar-refractivity contribution < 1.29 is 10.2 Å². The second-order valence-electron chi connectivity index (χ2n) is 4.38. The second kappa shape index (κ2) is 5.55. The highest BCUT2D eigenvalue weighted by atomic mass is 35.5. The molecule has 5 heteroatoms. The monoisotopic (exact) mass is 275 g/mol. The van der Waals surface area contributed by atoms with Crippen molar-refractivity contribution in [2.75, 3.05) is 19.6 Å². The molecule has 1 aliphatic heterocycles. The third-order valence-corrected chi connectivity index (χ3v) is 3.56. The lowest BCUT2D eigenvalue weighted by Crippen LogP contribution is -2.27. The van der Waals surface area contributed by atoms with Crippen LogP contribution in [0.25, 0.3) is 0 Å². The van der Waals surface area contributed by atoms with Gasteiger partial charge in [0.1, 0.15) is 0 Å². The summed E-state index contributed by atoms with van der Waals surface area (Å²) >= 11 is 11.8. The van der Waals surface area contributed by atoms with E-state index in [0.29, 0.717) is 28.7 Å². The van der Waals surface area contributed by atoms with Gasteiger partial charge in [0.2, 0.25) is 0 Å². The largest absolute Gasteiger partial charge is 0.392 e. The van der Waals surface area contributed by atoms with Crippen LogP contribution in [-0.2, 0) is 0 Å². The van der Waals surface area contributed by atoms with Gasteiger partial charge in [-0.3, -0.25) is 4.90 Å². The maximum atomic E-state index is 10.1. The van der Waals surface area contributed by atoms with Gasteiger partial charge >= 0.3 is 0 Å². The summed E-state index contributed by atoms with van der Waals surface area (Å²) in [7, 11) is 0. The smallest absolute Gasteiger partial charge is 0.0931 e. The number of β-amino-alcohol motifs (C(OH)–C–C–N with tert-alkyl or cyclic N) is 2. The highest BCUT2D eigenvalue weighted by Crippen LogP contribution is 2.27. The Hall–Kier alpha value is -0.320. The molecule has 1 aliphatic rings. The summed E-state index contributed by atoms with van der Waals surface area (Å²) in [6.07, 6.45) is -0.158. The summed E-state index contributed by atoms with van der Waals surface area (Å²) in [5.74, 6) is 0. The van der Waals surface area contributed by atoms with Crippen molar-refractivity contribution in [3.05, 3.63) is 33.8 Å². The standard InChI is InChI=1S/C12H15Cl2NO2/c13-8-1-2-10(11(14)5-8)12(17)7-15-4-3-9(16)6-15/h1-2,5,9,12,16-17H,3-4,6-7H2. The van der Waals surface area contributed by atoms with Gasteiger partial charge in [0, 0.05) is 35.2 Å². The van der Waals surface area contributed by atoms with Gasteiger partial charge in [0.15, 0.2) is 0 Å². The minimum Gasteiger partial charge on any atom is -0.392 e. The predicted octanol–water partition coefficient (Wildman–Crippen LogP) is 2.09. The molecule has 2 atom stereocenters. The molecule has 0 saturated carbocycles. The van der Waals surface area contributed by atoms with E-state index in [1.807, 2.05) is 4.90 Å². The molecule has 17 heavy (non-hydrogen) atoms. The maximum absolute atomic E-state index is 10.1. The minimum absolute atomic E-state index is 0.275. The molecule has 0 radical (unpaired) electrons. The van der Waals surface area contributed by atoms with Crippen LogP contribution < -0.4 is 0 Å². The molecule has 94 valence electrons. The van der Waals surface area contributed by atoms with E-state index in [0.717, 1.165) is 13.0 Å². The molecule has 1 aromatic carbocycles. The van der Waals surface area contributed by atoms with Gasteiger partial charge in [0.25, 0.3) is 0 Å². The molecule has 1 saturated heterocycles. The molecule has 0 aliphatic carbocycles. The second-order valence-corrected chi connectivity index (χ2v) is 5.23.